The van der Waals surface area contributed by atoms with Crippen molar-refractivity contribution in [2.75, 3.05) is 25.6 Å². The van der Waals surface area contributed by atoms with Crippen LogP contribution in [0.25, 0.3) is 0 Å². The lowest BCUT2D eigenvalue weighted by molar-refractivity contribution is 0.171. The summed E-state index contributed by atoms with van der Waals surface area (Å²) in [7, 11) is 1.83. The molecule has 0 unspecified atom stereocenters. The Morgan fingerprint density at radius 1 is 1.11 bits per heavy atom. The minimum absolute atomic E-state index is 0.596. The molecule has 98 valence electrons. The van der Waals surface area contributed by atoms with Gasteiger partial charge in [-0.1, -0.05) is 11.8 Å². The third kappa shape index (κ3) is 2.73. The van der Waals surface area contributed by atoms with E-state index in [1.807, 2.05) is 31.3 Å². The number of nitrogens with one attached hydrogen (secondary N) is 1. The molecule has 6 heteroatoms. The van der Waals surface area contributed by atoms with Crippen LogP contribution < -0.4 is 14.8 Å². The summed E-state index contributed by atoms with van der Waals surface area (Å²) < 4.78 is 11.1. The van der Waals surface area contributed by atoms with Gasteiger partial charge in [0.1, 0.15) is 30.4 Å². The maximum atomic E-state index is 5.56. The molecule has 5 nitrogen and oxygen atoms in total. The van der Waals surface area contributed by atoms with Crippen molar-refractivity contribution in [2.45, 2.75) is 9.92 Å². The van der Waals surface area contributed by atoms with Crippen LogP contribution in [0.4, 0.5) is 5.82 Å². The van der Waals surface area contributed by atoms with Gasteiger partial charge in [-0.25, -0.2) is 9.97 Å². The number of hydrogen-bond acceptors (Lipinski definition) is 6. The van der Waals surface area contributed by atoms with Crippen molar-refractivity contribution in [1.29, 1.82) is 0 Å². The molecule has 0 saturated carbocycles. The summed E-state index contributed by atoms with van der Waals surface area (Å²) in [5, 5.41) is 3.88. The molecule has 1 aliphatic rings. The zero-order valence-corrected chi connectivity index (χ0v) is 11.2. The van der Waals surface area contributed by atoms with Gasteiger partial charge in [-0.15, -0.1) is 0 Å². The maximum absolute atomic E-state index is 5.56. The van der Waals surface area contributed by atoms with Crippen LogP contribution in [-0.4, -0.2) is 30.2 Å². The molecule has 2 heterocycles. The summed E-state index contributed by atoms with van der Waals surface area (Å²) in [6.45, 7) is 1.20. The van der Waals surface area contributed by atoms with Crippen LogP contribution in [0.2, 0.25) is 0 Å². The monoisotopic (exact) mass is 275 g/mol. The number of fused-ring (bicyclic) bond motifs is 1. The van der Waals surface area contributed by atoms with Crippen molar-refractivity contribution < 1.29 is 9.47 Å². The zero-order chi connectivity index (χ0) is 13.1. The van der Waals surface area contributed by atoms with Crippen molar-refractivity contribution >= 4 is 17.6 Å². The second kappa shape index (κ2) is 5.36. The summed E-state index contributed by atoms with van der Waals surface area (Å²) in [5.74, 6) is 2.39. The van der Waals surface area contributed by atoms with E-state index in [-0.39, 0.29) is 0 Å². The molecule has 1 N–H and O–H groups in total. The molecule has 2 aromatic rings. The van der Waals surface area contributed by atoms with Gasteiger partial charge in [0.15, 0.2) is 11.5 Å². The van der Waals surface area contributed by atoms with Crippen LogP contribution in [0.15, 0.2) is 40.5 Å². The van der Waals surface area contributed by atoms with E-state index in [0.717, 1.165) is 27.2 Å². The van der Waals surface area contributed by atoms with Gasteiger partial charge < -0.3 is 14.8 Å². The highest BCUT2D eigenvalue weighted by molar-refractivity contribution is 7.99. The Hall–Kier alpha value is -1.95. The largest absolute Gasteiger partial charge is 0.486 e. The number of aromatic nitrogens is 2. The Labute approximate surface area is 115 Å². The van der Waals surface area contributed by atoms with E-state index in [9.17, 15) is 0 Å². The molecule has 1 aliphatic heterocycles. The van der Waals surface area contributed by atoms with Crippen LogP contribution in [0.1, 0.15) is 0 Å². The highest BCUT2D eigenvalue weighted by Gasteiger charge is 2.12. The molecule has 3 rings (SSSR count). The second-order valence-electron chi connectivity index (χ2n) is 3.90. The molecule has 1 aromatic carbocycles. The number of ether oxygens (including phenoxy) is 2. The van der Waals surface area contributed by atoms with Gasteiger partial charge in [-0.3, -0.25) is 0 Å². The fourth-order valence-corrected chi connectivity index (χ4v) is 2.55. The fourth-order valence-electron chi connectivity index (χ4n) is 1.74. The molecular formula is C13H13N3O2S. The van der Waals surface area contributed by atoms with Gasteiger partial charge in [0.25, 0.3) is 0 Å². The number of nitrogens with zero attached hydrogens (tertiary/aromatic N) is 2. The van der Waals surface area contributed by atoms with Crippen molar-refractivity contribution in [2.24, 2.45) is 0 Å². The van der Waals surface area contributed by atoms with Gasteiger partial charge in [0.2, 0.25) is 0 Å². The molecule has 1 aromatic heterocycles. The number of rotatable bonds is 3. The standard InChI is InChI=1S/C13H13N3O2S/c1-14-12-7-13(16-8-15-12)19-9-2-3-10-11(6-9)18-5-4-17-10/h2-3,6-8H,4-5H2,1H3,(H,14,15,16). The van der Waals surface area contributed by atoms with Crippen LogP contribution in [0.5, 0.6) is 11.5 Å². The number of hydrogen-bond donors (Lipinski definition) is 1. The average Bonchev–Trinajstić information content (AvgIpc) is 2.47. The normalized spacial score (nSPS) is 13.1. The number of benzene rings is 1. The highest BCUT2D eigenvalue weighted by atomic mass is 32.2. The first-order chi connectivity index (χ1) is 9.35. The first kappa shape index (κ1) is 12.1. The molecule has 19 heavy (non-hydrogen) atoms. The van der Waals surface area contributed by atoms with Crippen molar-refractivity contribution in [3.63, 3.8) is 0 Å². The van der Waals surface area contributed by atoms with Gasteiger partial charge in [0.05, 0.1) is 0 Å². The third-order valence-electron chi connectivity index (χ3n) is 2.63. The highest BCUT2D eigenvalue weighted by Crippen LogP contribution is 2.36. The lowest BCUT2D eigenvalue weighted by Crippen LogP contribution is -2.15. The molecule has 0 bridgehead atoms. The van der Waals surface area contributed by atoms with E-state index in [1.54, 1.807) is 18.1 Å². The zero-order valence-electron chi connectivity index (χ0n) is 10.4. The lowest BCUT2D eigenvalue weighted by Gasteiger charge is -2.18. The molecule has 0 radical (unpaired) electrons. The topological polar surface area (TPSA) is 56.3 Å². The van der Waals surface area contributed by atoms with Crippen LogP contribution >= 0.6 is 11.8 Å². The maximum Gasteiger partial charge on any atom is 0.162 e. The summed E-state index contributed by atoms with van der Waals surface area (Å²) >= 11 is 1.56. The van der Waals surface area contributed by atoms with Gasteiger partial charge in [-0.05, 0) is 18.2 Å². The molecular weight excluding hydrogens is 262 g/mol. The van der Waals surface area contributed by atoms with Gasteiger partial charge in [-0.2, -0.15) is 0 Å². The Bertz CT molecular complexity index is 592. The fraction of sp³-hybridized carbons (Fsp3) is 0.231. The van der Waals surface area contributed by atoms with Crippen LogP contribution in [0.3, 0.4) is 0 Å². The quantitative estimate of drug-likeness (QED) is 0.868. The van der Waals surface area contributed by atoms with Gasteiger partial charge in [0, 0.05) is 18.0 Å². The van der Waals surface area contributed by atoms with E-state index in [2.05, 4.69) is 15.3 Å². The van der Waals surface area contributed by atoms with E-state index in [0.29, 0.717) is 13.2 Å². The van der Waals surface area contributed by atoms with E-state index < -0.39 is 0 Å². The molecule has 0 aliphatic carbocycles. The minimum atomic E-state index is 0.596. The minimum Gasteiger partial charge on any atom is -0.486 e. The van der Waals surface area contributed by atoms with E-state index >= 15 is 0 Å². The summed E-state index contributed by atoms with van der Waals surface area (Å²) in [5.41, 5.74) is 0. The SMILES string of the molecule is CNc1cc(Sc2ccc3c(c2)OCCO3)ncn1. The Morgan fingerprint density at radius 2 is 1.95 bits per heavy atom. The predicted molar refractivity (Wildman–Crippen MR) is 73.1 cm³/mol. The Balaban J connectivity index is 1.82. The second-order valence-corrected chi connectivity index (χ2v) is 4.99. The predicted octanol–water partition coefficient (Wildman–Crippen LogP) is 2.44. The summed E-state index contributed by atoms with van der Waals surface area (Å²) in [4.78, 5) is 9.38. The van der Waals surface area contributed by atoms with Gasteiger partial charge >= 0.3 is 0 Å². The summed E-state index contributed by atoms with van der Waals surface area (Å²) in [6.07, 6.45) is 1.55. The van der Waals surface area contributed by atoms with Crippen LogP contribution in [-0.2, 0) is 0 Å². The summed E-state index contributed by atoms with van der Waals surface area (Å²) in [6, 6.07) is 7.80. The van der Waals surface area contributed by atoms with Crippen molar-refractivity contribution in [3.05, 3.63) is 30.6 Å². The smallest absolute Gasteiger partial charge is 0.162 e. The van der Waals surface area contributed by atoms with Crippen molar-refractivity contribution in [1.82, 2.24) is 9.97 Å². The molecule has 0 fully saturated rings. The molecule has 0 saturated heterocycles. The number of anilines is 1. The first-order valence-electron chi connectivity index (χ1n) is 5.92. The average molecular weight is 275 g/mol. The molecule has 0 amide bonds. The molecule has 0 spiro atoms. The first-order valence-corrected chi connectivity index (χ1v) is 6.74. The van der Waals surface area contributed by atoms with E-state index in [4.69, 9.17) is 9.47 Å². The Kier molecular flexibility index (Phi) is 3.41. The Morgan fingerprint density at radius 3 is 2.79 bits per heavy atom. The molecule has 0 atom stereocenters. The lowest BCUT2D eigenvalue weighted by atomic mass is 10.3. The third-order valence-corrected chi connectivity index (χ3v) is 3.56. The van der Waals surface area contributed by atoms with Crippen molar-refractivity contribution in [3.8, 4) is 11.5 Å². The van der Waals surface area contributed by atoms with Crippen LogP contribution in [0, 0.1) is 0 Å². The van der Waals surface area contributed by atoms with E-state index in [1.165, 1.54) is 0 Å².